The van der Waals surface area contributed by atoms with Gasteiger partial charge in [0.2, 0.25) is 0 Å². The lowest BCUT2D eigenvalue weighted by atomic mass is 9.96. The summed E-state index contributed by atoms with van der Waals surface area (Å²) in [5.41, 5.74) is 4.58. The van der Waals surface area contributed by atoms with E-state index in [0.29, 0.717) is 6.54 Å². The normalized spacial score (nSPS) is 13.3. The van der Waals surface area contributed by atoms with Gasteiger partial charge in [-0.05, 0) is 48.7 Å². The average Bonchev–Trinajstić information content (AvgIpc) is 2.72. The molecule has 1 amide bonds. The van der Waals surface area contributed by atoms with Gasteiger partial charge in [-0.3, -0.25) is 9.78 Å². The Bertz CT molecular complexity index is 675. The summed E-state index contributed by atoms with van der Waals surface area (Å²) in [6, 6.07) is 6.97. The smallest absolute Gasteiger partial charge is 0.254 e. The summed E-state index contributed by atoms with van der Waals surface area (Å²) in [7, 11) is 0. The molecule has 0 saturated carbocycles. The first-order valence-corrected chi connectivity index (χ1v) is 6.11. The van der Waals surface area contributed by atoms with Gasteiger partial charge in [-0.1, -0.05) is 6.07 Å². The molecule has 19 heavy (non-hydrogen) atoms. The summed E-state index contributed by atoms with van der Waals surface area (Å²) >= 11 is 0. The van der Waals surface area contributed by atoms with E-state index in [4.69, 9.17) is 0 Å². The van der Waals surface area contributed by atoms with Crippen molar-refractivity contribution in [3.8, 4) is 11.1 Å². The Morgan fingerprint density at radius 3 is 2.58 bits per heavy atom. The number of fused-ring (bicyclic) bond motifs is 1. The molecule has 1 aliphatic heterocycles. The first kappa shape index (κ1) is 11.8. The lowest BCUT2D eigenvalue weighted by molar-refractivity contribution is 0.0962. The van der Waals surface area contributed by atoms with Crippen molar-refractivity contribution in [1.29, 1.82) is 0 Å². The van der Waals surface area contributed by atoms with Gasteiger partial charge in [-0.2, -0.15) is 0 Å². The van der Waals surface area contributed by atoms with Crippen LogP contribution in [0.4, 0.5) is 4.39 Å². The van der Waals surface area contributed by atoms with Crippen molar-refractivity contribution in [2.45, 2.75) is 20.4 Å². The second-order valence-electron chi connectivity index (χ2n) is 4.77. The topological polar surface area (TPSA) is 42.0 Å². The lowest BCUT2D eigenvalue weighted by Crippen LogP contribution is -2.13. The molecule has 96 valence electrons. The van der Waals surface area contributed by atoms with Gasteiger partial charge in [0, 0.05) is 17.9 Å². The molecule has 0 spiro atoms. The summed E-state index contributed by atoms with van der Waals surface area (Å²) in [5, 5.41) is 2.67. The molecular weight excluding hydrogens is 243 g/mol. The maximum atomic E-state index is 13.7. The minimum absolute atomic E-state index is 0.171. The minimum Gasteiger partial charge on any atom is -0.348 e. The number of amides is 1. The van der Waals surface area contributed by atoms with Crippen molar-refractivity contribution in [2.75, 3.05) is 0 Å². The van der Waals surface area contributed by atoms with E-state index in [0.717, 1.165) is 28.1 Å². The molecule has 0 saturated heterocycles. The number of benzene rings is 1. The Kier molecular flexibility index (Phi) is 2.59. The van der Waals surface area contributed by atoms with E-state index in [-0.39, 0.29) is 11.5 Å². The maximum Gasteiger partial charge on any atom is 0.254 e. The maximum absolute atomic E-state index is 13.7. The zero-order chi connectivity index (χ0) is 13.6. The first-order chi connectivity index (χ1) is 9.06. The van der Waals surface area contributed by atoms with Gasteiger partial charge in [0.15, 0.2) is 0 Å². The molecule has 1 aliphatic rings. The van der Waals surface area contributed by atoms with E-state index in [1.165, 1.54) is 6.07 Å². The molecule has 0 aliphatic carbocycles. The van der Waals surface area contributed by atoms with E-state index < -0.39 is 5.82 Å². The van der Waals surface area contributed by atoms with Crippen molar-refractivity contribution < 1.29 is 9.18 Å². The molecule has 3 nitrogen and oxygen atoms in total. The number of carbonyl (C=O) groups is 1. The molecular formula is C15H13FN2O. The van der Waals surface area contributed by atoms with Gasteiger partial charge in [-0.25, -0.2) is 4.39 Å². The molecule has 0 unspecified atom stereocenters. The second kappa shape index (κ2) is 4.16. The van der Waals surface area contributed by atoms with Crippen LogP contribution < -0.4 is 5.32 Å². The summed E-state index contributed by atoms with van der Waals surface area (Å²) in [6.45, 7) is 4.22. The zero-order valence-electron chi connectivity index (χ0n) is 10.7. The average molecular weight is 256 g/mol. The van der Waals surface area contributed by atoms with Crippen molar-refractivity contribution in [3.05, 3.63) is 52.6 Å². The van der Waals surface area contributed by atoms with Gasteiger partial charge in [-0.15, -0.1) is 0 Å². The van der Waals surface area contributed by atoms with E-state index in [1.807, 2.05) is 26.0 Å². The Labute approximate surface area is 110 Å². The first-order valence-electron chi connectivity index (χ1n) is 6.11. The highest BCUT2D eigenvalue weighted by Gasteiger charge is 2.26. The SMILES string of the molecule is Cc1cc(-c2ccc(F)c3c2CNC3=O)cc(C)n1. The van der Waals surface area contributed by atoms with E-state index in [2.05, 4.69) is 10.3 Å². The van der Waals surface area contributed by atoms with Crippen LogP contribution in [0.5, 0.6) is 0 Å². The van der Waals surface area contributed by atoms with Crippen LogP contribution in [0.3, 0.4) is 0 Å². The fraction of sp³-hybridized carbons (Fsp3) is 0.200. The molecule has 0 radical (unpaired) electrons. The summed E-state index contributed by atoms with van der Waals surface area (Å²) in [6.07, 6.45) is 0. The molecule has 0 bridgehead atoms. The fourth-order valence-electron chi connectivity index (χ4n) is 2.57. The Morgan fingerprint density at radius 2 is 1.89 bits per heavy atom. The number of pyridine rings is 1. The Morgan fingerprint density at radius 1 is 1.21 bits per heavy atom. The van der Waals surface area contributed by atoms with Crippen LogP contribution in [0, 0.1) is 19.7 Å². The standard InChI is InChI=1S/C15H13FN2O/c1-8-5-10(6-9(2)18-8)11-3-4-13(16)14-12(11)7-17-15(14)19/h3-6H,7H2,1-2H3,(H,17,19). The summed E-state index contributed by atoms with van der Waals surface area (Å²) in [5.74, 6) is -0.798. The number of hydrogen-bond donors (Lipinski definition) is 1. The highest BCUT2D eigenvalue weighted by atomic mass is 19.1. The number of halogens is 1. The predicted octanol–water partition coefficient (Wildman–Crippen LogP) is 2.75. The van der Waals surface area contributed by atoms with Crippen LogP contribution in [-0.2, 0) is 6.54 Å². The molecule has 0 fully saturated rings. The largest absolute Gasteiger partial charge is 0.348 e. The van der Waals surface area contributed by atoms with Crippen LogP contribution in [0.2, 0.25) is 0 Å². The molecule has 2 heterocycles. The van der Waals surface area contributed by atoms with Crippen LogP contribution in [0.25, 0.3) is 11.1 Å². The predicted molar refractivity (Wildman–Crippen MR) is 70.3 cm³/mol. The van der Waals surface area contributed by atoms with Gasteiger partial charge in [0.25, 0.3) is 5.91 Å². The summed E-state index contributed by atoms with van der Waals surface area (Å²) in [4.78, 5) is 16.0. The molecule has 4 heteroatoms. The molecule has 0 atom stereocenters. The molecule has 3 rings (SSSR count). The highest BCUT2D eigenvalue weighted by molar-refractivity contribution is 6.00. The summed E-state index contributed by atoms with van der Waals surface area (Å²) < 4.78 is 13.7. The zero-order valence-corrected chi connectivity index (χ0v) is 10.7. The van der Waals surface area contributed by atoms with Gasteiger partial charge in [0.1, 0.15) is 5.82 Å². The van der Waals surface area contributed by atoms with Crippen molar-refractivity contribution in [3.63, 3.8) is 0 Å². The lowest BCUT2D eigenvalue weighted by Gasteiger charge is -2.09. The third kappa shape index (κ3) is 1.89. The Hall–Kier alpha value is -2.23. The molecule has 1 aromatic carbocycles. The number of nitrogens with one attached hydrogen (secondary N) is 1. The van der Waals surface area contributed by atoms with Crippen LogP contribution in [-0.4, -0.2) is 10.9 Å². The molecule has 1 N–H and O–H groups in total. The Balaban J connectivity index is 2.25. The van der Waals surface area contributed by atoms with Gasteiger partial charge < -0.3 is 5.32 Å². The number of aromatic nitrogens is 1. The van der Waals surface area contributed by atoms with Crippen molar-refractivity contribution >= 4 is 5.91 Å². The quantitative estimate of drug-likeness (QED) is 0.852. The molecule has 2 aromatic rings. The van der Waals surface area contributed by atoms with Gasteiger partial charge in [0.05, 0.1) is 5.56 Å². The van der Waals surface area contributed by atoms with Crippen LogP contribution >= 0.6 is 0 Å². The second-order valence-corrected chi connectivity index (χ2v) is 4.77. The van der Waals surface area contributed by atoms with Gasteiger partial charge >= 0.3 is 0 Å². The third-order valence-corrected chi connectivity index (χ3v) is 3.31. The van der Waals surface area contributed by atoms with E-state index >= 15 is 0 Å². The number of carbonyl (C=O) groups excluding carboxylic acids is 1. The number of hydrogen-bond acceptors (Lipinski definition) is 2. The fourth-order valence-corrected chi connectivity index (χ4v) is 2.57. The van der Waals surface area contributed by atoms with Crippen molar-refractivity contribution in [1.82, 2.24) is 10.3 Å². The molecule has 1 aromatic heterocycles. The monoisotopic (exact) mass is 256 g/mol. The van der Waals surface area contributed by atoms with Crippen LogP contribution in [0.15, 0.2) is 24.3 Å². The minimum atomic E-state index is -0.462. The van der Waals surface area contributed by atoms with Crippen LogP contribution in [0.1, 0.15) is 27.3 Å². The third-order valence-electron chi connectivity index (χ3n) is 3.31. The van der Waals surface area contributed by atoms with Crippen molar-refractivity contribution in [2.24, 2.45) is 0 Å². The highest BCUT2D eigenvalue weighted by Crippen LogP contribution is 2.31. The number of nitrogens with zero attached hydrogens (tertiary/aromatic N) is 1. The number of aryl methyl sites for hydroxylation is 2. The number of rotatable bonds is 1. The van der Waals surface area contributed by atoms with E-state index in [9.17, 15) is 9.18 Å². The van der Waals surface area contributed by atoms with E-state index in [1.54, 1.807) is 6.07 Å².